The molecule has 0 aliphatic heterocycles. The van der Waals surface area contributed by atoms with Crippen LogP contribution in [0, 0.1) is 0 Å². The van der Waals surface area contributed by atoms with Crippen LogP contribution in [0.5, 0.6) is 0 Å². The summed E-state index contributed by atoms with van der Waals surface area (Å²) in [5.74, 6) is 0. The van der Waals surface area contributed by atoms with Gasteiger partial charge in [0.2, 0.25) is 0 Å². The van der Waals surface area contributed by atoms with Crippen molar-refractivity contribution in [3.8, 4) is 0 Å². The van der Waals surface area contributed by atoms with Gasteiger partial charge in [-0.1, -0.05) is 69.8 Å². The van der Waals surface area contributed by atoms with Crippen LogP contribution in [0.4, 0.5) is 0 Å². The van der Waals surface area contributed by atoms with E-state index in [1.165, 1.54) is 64.2 Å². The van der Waals surface area contributed by atoms with Gasteiger partial charge in [-0.2, -0.15) is 0 Å². The molecule has 0 saturated carbocycles. The fourth-order valence-corrected chi connectivity index (χ4v) is 2.32. The zero-order valence-corrected chi connectivity index (χ0v) is 14.6. The number of rotatable bonds is 17. The molecule has 0 aromatic rings. The van der Waals surface area contributed by atoms with Gasteiger partial charge in [0.15, 0.2) is 0 Å². The second kappa shape index (κ2) is 20.1. The Morgan fingerprint density at radius 3 is 1.95 bits per heavy atom. The molecule has 22 heavy (non-hydrogen) atoms. The fourth-order valence-electron chi connectivity index (χ4n) is 2.32. The predicted molar refractivity (Wildman–Crippen MR) is 96.2 cm³/mol. The van der Waals surface area contributed by atoms with E-state index in [4.69, 9.17) is 4.74 Å². The largest absolute Gasteiger partial charge is 0.374 e. The average Bonchev–Trinajstić information content (AvgIpc) is 2.54. The normalized spacial score (nSPS) is 11.7. The third kappa shape index (κ3) is 19.1. The minimum Gasteiger partial charge on any atom is -0.374 e. The molecule has 0 radical (unpaired) electrons. The molecular weight excluding hydrogens is 272 g/mol. The van der Waals surface area contributed by atoms with Crippen LogP contribution in [0.15, 0.2) is 24.3 Å². The molecular formula is C20H36O2. The van der Waals surface area contributed by atoms with Crippen LogP contribution in [0.2, 0.25) is 0 Å². The van der Waals surface area contributed by atoms with E-state index in [-0.39, 0.29) is 6.61 Å². The van der Waals surface area contributed by atoms with Crippen molar-refractivity contribution in [2.45, 2.75) is 84.0 Å². The van der Waals surface area contributed by atoms with Crippen LogP contribution >= 0.6 is 0 Å². The maximum Gasteiger partial charge on any atom is 0.145 e. The number of aldehydes is 1. The standard InChI is InChI=1S/C20H36O2/c1-2-3-4-5-6-7-8-9-10-11-12-13-14-15-16-17-19-22-20-18-21/h6-7,9-10,18H,2-5,8,11-17,19-20H2,1H3. The Hall–Kier alpha value is -0.890. The van der Waals surface area contributed by atoms with Crippen molar-refractivity contribution in [1.29, 1.82) is 0 Å². The van der Waals surface area contributed by atoms with E-state index in [1.807, 2.05) is 0 Å². The molecule has 0 fully saturated rings. The van der Waals surface area contributed by atoms with Crippen LogP contribution in [0.3, 0.4) is 0 Å². The van der Waals surface area contributed by atoms with E-state index in [2.05, 4.69) is 31.2 Å². The Morgan fingerprint density at radius 2 is 1.32 bits per heavy atom. The monoisotopic (exact) mass is 308 g/mol. The van der Waals surface area contributed by atoms with Crippen molar-refractivity contribution < 1.29 is 9.53 Å². The van der Waals surface area contributed by atoms with Gasteiger partial charge in [-0.05, 0) is 38.5 Å². The summed E-state index contributed by atoms with van der Waals surface area (Å²) in [6.45, 7) is 3.23. The number of ether oxygens (including phenoxy) is 1. The predicted octanol–water partition coefficient (Wildman–Crippen LogP) is 6.02. The van der Waals surface area contributed by atoms with Gasteiger partial charge in [0.25, 0.3) is 0 Å². The molecule has 0 unspecified atom stereocenters. The minimum atomic E-state index is 0.250. The minimum absolute atomic E-state index is 0.250. The zero-order valence-electron chi connectivity index (χ0n) is 14.6. The van der Waals surface area contributed by atoms with Gasteiger partial charge in [0, 0.05) is 6.61 Å². The van der Waals surface area contributed by atoms with Gasteiger partial charge in [-0.25, -0.2) is 0 Å². The Balaban J connectivity index is 3.12. The van der Waals surface area contributed by atoms with E-state index in [0.717, 1.165) is 25.7 Å². The van der Waals surface area contributed by atoms with E-state index in [9.17, 15) is 4.79 Å². The summed E-state index contributed by atoms with van der Waals surface area (Å²) in [6, 6.07) is 0. The van der Waals surface area contributed by atoms with Crippen LogP contribution in [0.25, 0.3) is 0 Å². The van der Waals surface area contributed by atoms with Crippen molar-refractivity contribution in [2.24, 2.45) is 0 Å². The molecule has 2 heteroatoms. The first-order chi connectivity index (χ1) is 10.9. The fraction of sp³-hybridized carbons (Fsp3) is 0.750. The SMILES string of the molecule is CCCCCC=CCC=CCCCCCCCCOCC=O. The molecule has 2 nitrogen and oxygen atoms in total. The molecule has 0 spiro atoms. The lowest BCUT2D eigenvalue weighted by molar-refractivity contribution is -0.111. The van der Waals surface area contributed by atoms with Crippen LogP contribution in [0.1, 0.15) is 84.0 Å². The van der Waals surface area contributed by atoms with Gasteiger partial charge in [0.05, 0.1) is 0 Å². The quantitative estimate of drug-likeness (QED) is 0.187. The summed E-state index contributed by atoms with van der Waals surface area (Å²) < 4.78 is 5.12. The van der Waals surface area contributed by atoms with Crippen molar-refractivity contribution >= 4 is 6.29 Å². The lowest BCUT2D eigenvalue weighted by Gasteiger charge is -2.01. The lowest BCUT2D eigenvalue weighted by atomic mass is 10.1. The first-order valence-electron chi connectivity index (χ1n) is 9.23. The summed E-state index contributed by atoms with van der Waals surface area (Å²) in [7, 11) is 0. The molecule has 0 aromatic heterocycles. The maximum absolute atomic E-state index is 10.0. The third-order valence-electron chi connectivity index (χ3n) is 3.68. The second-order valence-electron chi connectivity index (χ2n) is 5.83. The molecule has 0 atom stereocenters. The lowest BCUT2D eigenvalue weighted by Crippen LogP contribution is -1.97. The number of carbonyl (C=O) groups excluding carboxylic acids is 1. The van der Waals surface area contributed by atoms with E-state index < -0.39 is 0 Å². The smallest absolute Gasteiger partial charge is 0.145 e. The number of carbonyl (C=O) groups is 1. The summed E-state index contributed by atoms with van der Waals surface area (Å²) in [6.07, 6.45) is 25.1. The molecule has 128 valence electrons. The van der Waals surface area contributed by atoms with Gasteiger partial charge in [-0.3, -0.25) is 0 Å². The number of hydrogen-bond donors (Lipinski definition) is 0. The highest BCUT2D eigenvalue weighted by molar-refractivity contribution is 5.50. The van der Waals surface area contributed by atoms with Gasteiger partial charge in [-0.15, -0.1) is 0 Å². The number of unbranched alkanes of at least 4 members (excludes halogenated alkanes) is 9. The van der Waals surface area contributed by atoms with Crippen LogP contribution < -0.4 is 0 Å². The number of hydrogen-bond acceptors (Lipinski definition) is 2. The molecule has 0 bridgehead atoms. The Kier molecular flexibility index (Phi) is 19.3. The van der Waals surface area contributed by atoms with E-state index in [1.54, 1.807) is 0 Å². The molecule has 0 amide bonds. The highest BCUT2D eigenvalue weighted by atomic mass is 16.5. The van der Waals surface area contributed by atoms with Gasteiger partial charge < -0.3 is 9.53 Å². The van der Waals surface area contributed by atoms with E-state index >= 15 is 0 Å². The zero-order chi connectivity index (χ0) is 16.1. The van der Waals surface area contributed by atoms with Crippen molar-refractivity contribution in [3.63, 3.8) is 0 Å². The van der Waals surface area contributed by atoms with Crippen LogP contribution in [-0.2, 0) is 9.53 Å². The van der Waals surface area contributed by atoms with Gasteiger partial charge in [0.1, 0.15) is 12.9 Å². The average molecular weight is 309 g/mol. The maximum atomic E-state index is 10.0. The van der Waals surface area contributed by atoms with Crippen molar-refractivity contribution in [1.82, 2.24) is 0 Å². The molecule has 0 heterocycles. The third-order valence-corrected chi connectivity index (χ3v) is 3.68. The first kappa shape index (κ1) is 21.1. The Labute approximate surface area is 138 Å². The number of allylic oxidation sites excluding steroid dienone is 4. The molecule has 0 aromatic carbocycles. The van der Waals surface area contributed by atoms with Crippen molar-refractivity contribution in [3.05, 3.63) is 24.3 Å². The topological polar surface area (TPSA) is 26.3 Å². The Bertz CT molecular complexity index is 269. The summed E-state index contributed by atoms with van der Waals surface area (Å²) in [4.78, 5) is 10.0. The summed E-state index contributed by atoms with van der Waals surface area (Å²) in [5, 5.41) is 0. The van der Waals surface area contributed by atoms with Gasteiger partial charge >= 0.3 is 0 Å². The van der Waals surface area contributed by atoms with E-state index in [0.29, 0.717) is 0 Å². The summed E-state index contributed by atoms with van der Waals surface area (Å²) >= 11 is 0. The van der Waals surface area contributed by atoms with Crippen molar-refractivity contribution in [2.75, 3.05) is 13.2 Å². The molecule has 0 aliphatic carbocycles. The van der Waals surface area contributed by atoms with Crippen LogP contribution in [-0.4, -0.2) is 19.5 Å². The second-order valence-corrected chi connectivity index (χ2v) is 5.83. The Morgan fingerprint density at radius 1 is 0.727 bits per heavy atom. The molecule has 0 saturated heterocycles. The molecule has 0 aliphatic rings. The highest BCUT2D eigenvalue weighted by Crippen LogP contribution is 2.08. The first-order valence-corrected chi connectivity index (χ1v) is 9.23. The summed E-state index contributed by atoms with van der Waals surface area (Å²) in [5.41, 5.74) is 0. The molecule has 0 N–H and O–H groups in total. The highest BCUT2D eigenvalue weighted by Gasteiger charge is 1.91. The molecule has 0 rings (SSSR count).